The molecule has 0 aliphatic rings. The molecule has 2 rings (SSSR count). The highest BCUT2D eigenvalue weighted by Crippen LogP contribution is 2.28. The molecule has 20 heavy (non-hydrogen) atoms. The Morgan fingerprint density at radius 1 is 1.20 bits per heavy atom. The largest absolute Gasteiger partial charge is 0.340 e. The molecule has 3 nitrogen and oxygen atoms in total. The Hall–Kier alpha value is -2.67. The van der Waals surface area contributed by atoms with Crippen LogP contribution in [0.4, 0.5) is 15.8 Å². The summed E-state index contributed by atoms with van der Waals surface area (Å²) in [5.41, 5.74) is 1.73. The zero-order valence-corrected chi connectivity index (χ0v) is 10.8. The second-order valence-corrected chi connectivity index (χ2v) is 4.22. The topological polar surface area (TPSA) is 44.1 Å². The van der Waals surface area contributed by atoms with Crippen LogP contribution in [0.1, 0.15) is 16.8 Å². The zero-order chi connectivity index (χ0) is 14.4. The van der Waals surface area contributed by atoms with E-state index in [0.717, 1.165) is 5.69 Å². The maximum Gasteiger partial charge on any atom is 0.152 e. The maximum absolute atomic E-state index is 13.2. The van der Waals surface area contributed by atoms with Crippen LogP contribution in [0.3, 0.4) is 0 Å². The Kier molecular flexibility index (Phi) is 4.46. The number of nitrogens with zero attached hydrogens (tertiary/aromatic N) is 2. The molecule has 0 atom stereocenters. The number of aldehydes is 1. The Balaban J connectivity index is 2.47. The fraction of sp³-hybridized carbons (Fsp3) is 0.125. The summed E-state index contributed by atoms with van der Waals surface area (Å²) in [4.78, 5) is 13.0. The summed E-state index contributed by atoms with van der Waals surface area (Å²) in [5.74, 6) is -0.454. The minimum Gasteiger partial charge on any atom is -0.340 e. The molecule has 0 spiro atoms. The molecule has 0 saturated carbocycles. The van der Waals surface area contributed by atoms with Gasteiger partial charge in [-0.1, -0.05) is 18.2 Å². The van der Waals surface area contributed by atoms with Crippen molar-refractivity contribution in [3.63, 3.8) is 0 Å². The predicted molar refractivity (Wildman–Crippen MR) is 75.5 cm³/mol. The second-order valence-electron chi connectivity index (χ2n) is 4.22. The van der Waals surface area contributed by atoms with Crippen LogP contribution >= 0.6 is 0 Å². The van der Waals surface area contributed by atoms with Gasteiger partial charge in [-0.15, -0.1) is 0 Å². The fourth-order valence-corrected chi connectivity index (χ4v) is 2.02. The molecule has 2 aromatic rings. The number of rotatable bonds is 5. The Bertz CT molecular complexity index is 635. The van der Waals surface area contributed by atoms with Gasteiger partial charge < -0.3 is 4.90 Å². The van der Waals surface area contributed by atoms with Gasteiger partial charge in [0.1, 0.15) is 5.82 Å². The predicted octanol–water partition coefficient (Wildman–Crippen LogP) is 3.69. The van der Waals surface area contributed by atoms with Crippen LogP contribution in [0.2, 0.25) is 0 Å². The minimum atomic E-state index is -0.454. The number of halogens is 1. The Morgan fingerprint density at radius 2 is 1.95 bits per heavy atom. The van der Waals surface area contributed by atoms with Crippen molar-refractivity contribution in [2.75, 3.05) is 11.4 Å². The lowest BCUT2D eigenvalue weighted by atomic mass is 10.1. The number of carbonyl (C=O) groups is 1. The van der Waals surface area contributed by atoms with Gasteiger partial charge in [-0.25, -0.2) is 4.39 Å². The lowest BCUT2D eigenvalue weighted by Gasteiger charge is -2.25. The monoisotopic (exact) mass is 268 g/mol. The van der Waals surface area contributed by atoms with Gasteiger partial charge in [0.05, 0.1) is 18.2 Å². The van der Waals surface area contributed by atoms with Gasteiger partial charge in [0.15, 0.2) is 6.29 Å². The molecule has 0 aliphatic heterocycles. The third kappa shape index (κ3) is 3.01. The first-order valence-electron chi connectivity index (χ1n) is 6.20. The van der Waals surface area contributed by atoms with Crippen LogP contribution in [0.5, 0.6) is 0 Å². The second kappa shape index (κ2) is 6.48. The molecule has 0 aromatic heterocycles. The van der Waals surface area contributed by atoms with Gasteiger partial charge in [-0.2, -0.15) is 5.26 Å². The number of benzene rings is 2. The van der Waals surface area contributed by atoms with E-state index in [4.69, 9.17) is 5.26 Å². The molecule has 0 fully saturated rings. The fourth-order valence-electron chi connectivity index (χ4n) is 2.02. The van der Waals surface area contributed by atoms with Crippen LogP contribution in [-0.4, -0.2) is 12.8 Å². The van der Waals surface area contributed by atoms with E-state index in [2.05, 4.69) is 6.07 Å². The number of para-hydroxylation sites is 1. The normalized spacial score (nSPS) is 9.80. The first kappa shape index (κ1) is 13.8. The summed E-state index contributed by atoms with van der Waals surface area (Å²) in [5, 5.41) is 8.77. The van der Waals surface area contributed by atoms with Crippen molar-refractivity contribution in [1.82, 2.24) is 0 Å². The summed E-state index contributed by atoms with van der Waals surface area (Å²) in [7, 11) is 0. The molecule has 100 valence electrons. The molecule has 0 heterocycles. The molecule has 0 saturated heterocycles. The summed E-state index contributed by atoms with van der Waals surface area (Å²) < 4.78 is 13.2. The number of nitriles is 1. The van der Waals surface area contributed by atoms with Gasteiger partial charge in [-0.3, -0.25) is 4.79 Å². The Labute approximate surface area is 116 Å². The highest BCUT2D eigenvalue weighted by Gasteiger charge is 2.13. The van der Waals surface area contributed by atoms with Crippen molar-refractivity contribution >= 4 is 17.7 Å². The summed E-state index contributed by atoms with van der Waals surface area (Å²) >= 11 is 0. The van der Waals surface area contributed by atoms with Crippen molar-refractivity contribution < 1.29 is 9.18 Å². The van der Waals surface area contributed by atoms with Crippen molar-refractivity contribution in [3.8, 4) is 6.07 Å². The van der Waals surface area contributed by atoms with Gasteiger partial charge >= 0.3 is 0 Å². The summed E-state index contributed by atoms with van der Waals surface area (Å²) in [6, 6.07) is 15.6. The average Bonchev–Trinajstić information content (AvgIpc) is 2.49. The smallest absolute Gasteiger partial charge is 0.152 e. The first-order valence-corrected chi connectivity index (χ1v) is 6.20. The SMILES string of the molecule is N#CCCN(c1ccccc1)c1ccc(F)cc1C=O. The highest BCUT2D eigenvalue weighted by molar-refractivity contribution is 5.86. The van der Waals surface area contributed by atoms with Gasteiger partial charge in [-0.05, 0) is 30.3 Å². The van der Waals surface area contributed by atoms with Gasteiger partial charge in [0, 0.05) is 17.8 Å². The molecule has 0 aliphatic carbocycles. The quantitative estimate of drug-likeness (QED) is 0.777. The lowest BCUT2D eigenvalue weighted by Crippen LogP contribution is -2.19. The number of anilines is 2. The van der Waals surface area contributed by atoms with E-state index in [9.17, 15) is 9.18 Å². The third-order valence-corrected chi connectivity index (χ3v) is 2.92. The van der Waals surface area contributed by atoms with Crippen LogP contribution in [-0.2, 0) is 0 Å². The van der Waals surface area contributed by atoms with Crippen LogP contribution < -0.4 is 4.90 Å². The van der Waals surface area contributed by atoms with E-state index in [-0.39, 0.29) is 5.56 Å². The van der Waals surface area contributed by atoms with Crippen LogP contribution in [0.25, 0.3) is 0 Å². The molecule has 4 heteroatoms. The van der Waals surface area contributed by atoms with Crippen molar-refractivity contribution in [2.24, 2.45) is 0 Å². The molecular weight excluding hydrogens is 255 g/mol. The molecule has 0 amide bonds. The number of hydrogen-bond donors (Lipinski definition) is 0. The average molecular weight is 268 g/mol. The van der Waals surface area contributed by atoms with E-state index in [1.165, 1.54) is 12.1 Å². The summed E-state index contributed by atoms with van der Waals surface area (Å²) in [6.07, 6.45) is 0.936. The van der Waals surface area contributed by atoms with Crippen molar-refractivity contribution in [1.29, 1.82) is 5.26 Å². The van der Waals surface area contributed by atoms with E-state index in [1.807, 2.05) is 35.2 Å². The lowest BCUT2D eigenvalue weighted by molar-refractivity contribution is 0.112. The zero-order valence-electron chi connectivity index (χ0n) is 10.8. The number of carbonyl (C=O) groups excluding carboxylic acids is 1. The van der Waals surface area contributed by atoms with Crippen LogP contribution in [0.15, 0.2) is 48.5 Å². The molecule has 0 radical (unpaired) electrons. The van der Waals surface area contributed by atoms with E-state index in [0.29, 0.717) is 24.9 Å². The van der Waals surface area contributed by atoms with Crippen LogP contribution in [0, 0.1) is 17.1 Å². The molecule has 2 aromatic carbocycles. The Morgan fingerprint density at radius 3 is 2.60 bits per heavy atom. The molecule has 0 bridgehead atoms. The van der Waals surface area contributed by atoms with Crippen molar-refractivity contribution in [2.45, 2.75) is 6.42 Å². The minimum absolute atomic E-state index is 0.270. The van der Waals surface area contributed by atoms with E-state index < -0.39 is 5.82 Å². The van der Waals surface area contributed by atoms with Gasteiger partial charge in [0.25, 0.3) is 0 Å². The van der Waals surface area contributed by atoms with Crippen molar-refractivity contribution in [3.05, 3.63) is 59.9 Å². The van der Waals surface area contributed by atoms with Gasteiger partial charge in [0.2, 0.25) is 0 Å². The van der Waals surface area contributed by atoms with E-state index in [1.54, 1.807) is 6.07 Å². The summed E-state index contributed by atoms with van der Waals surface area (Å²) in [6.45, 7) is 0.437. The number of hydrogen-bond acceptors (Lipinski definition) is 3. The van der Waals surface area contributed by atoms with E-state index >= 15 is 0 Å². The standard InChI is InChI=1S/C16H13FN2O/c17-14-7-8-16(13(11-14)12-20)19(10-4-9-18)15-5-2-1-3-6-15/h1-3,5-8,11-12H,4,10H2. The molecular formula is C16H13FN2O. The first-order chi connectivity index (χ1) is 9.76. The molecule has 0 N–H and O–H groups in total. The molecule has 0 unspecified atom stereocenters. The third-order valence-electron chi connectivity index (χ3n) is 2.92. The maximum atomic E-state index is 13.2. The highest BCUT2D eigenvalue weighted by atomic mass is 19.1.